The molecule has 8 aromatic carbocycles. The minimum atomic E-state index is 0.875. The summed E-state index contributed by atoms with van der Waals surface area (Å²) in [4.78, 5) is 4.59. The van der Waals surface area contributed by atoms with E-state index in [-0.39, 0.29) is 0 Å². The number of furan rings is 1. The van der Waals surface area contributed by atoms with Crippen molar-refractivity contribution in [1.82, 2.24) is 0 Å². The molecule has 0 fully saturated rings. The lowest BCUT2D eigenvalue weighted by Crippen LogP contribution is -2.10. The van der Waals surface area contributed by atoms with Crippen LogP contribution in [0, 0.1) is 0 Å². The van der Waals surface area contributed by atoms with E-state index in [1.165, 1.54) is 11.1 Å². The normalized spacial score (nSPS) is 11.1. The summed E-state index contributed by atoms with van der Waals surface area (Å²) in [6.07, 6.45) is 0. The molecule has 1 heterocycles. The van der Waals surface area contributed by atoms with Gasteiger partial charge >= 0.3 is 0 Å². The molecule has 0 radical (unpaired) electrons. The zero-order chi connectivity index (χ0) is 34.0. The zero-order valence-corrected chi connectivity index (χ0v) is 27.9. The Balaban J connectivity index is 1.07. The largest absolute Gasteiger partial charge is 0.454 e. The molecule has 9 aromatic rings. The monoisotopic (exact) mass is 654 g/mol. The quantitative estimate of drug-likeness (QED) is 0.163. The maximum atomic E-state index is 6.48. The standard InChI is InChI=1S/C48H34N2O/c1-4-14-35(15-5-1)38-16-12-21-43(34-38)49(39-17-6-2-7-18-39)41-30-26-36(27-31-41)37-28-32-42(33-29-37)50(40-19-8-3-9-20-40)46-24-13-23-45-44-22-10-11-25-47(44)51-48(45)46/h1-34H. The average molecular weight is 655 g/mol. The Bertz CT molecular complexity index is 2560. The Morgan fingerprint density at radius 1 is 0.294 bits per heavy atom. The van der Waals surface area contributed by atoms with Crippen molar-refractivity contribution in [3.05, 3.63) is 206 Å². The van der Waals surface area contributed by atoms with Gasteiger partial charge in [-0.2, -0.15) is 0 Å². The summed E-state index contributed by atoms with van der Waals surface area (Å²) in [6, 6.07) is 72.6. The van der Waals surface area contributed by atoms with Crippen LogP contribution in [-0.2, 0) is 0 Å². The minimum absolute atomic E-state index is 0.875. The number of hydrogen-bond donors (Lipinski definition) is 0. The van der Waals surface area contributed by atoms with Gasteiger partial charge in [0.2, 0.25) is 0 Å². The molecule has 0 aliphatic carbocycles. The molecule has 0 spiro atoms. The van der Waals surface area contributed by atoms with Crippen LogP contribution in [0.3, 0.4) is 0 Å². The third kappa shape index (κ3) is 5.81. The maximum Gasteiger partial charge on any atom is 0.159 e. The molecule has 242 valence electrons. The predicted octanol–water partition coefficient (Wildman–Crippen LogP) is 13.9. The summed E-state index contributed by atoms with van der Waals surface area (Å²) in [5.74, 6) is 0. The summed E-state index contributed by atoms with van der Waals surface area (Å²) in [7, 11) is 0. The van der Waals surface area contributed by atoms with Gasteiger partial charge in [-0.15, -0.1) is 0 Å². The van der Waals surface area contributed by atoms with Crippen molar-refractivity contribution in [1.29, 1.82) is 0 Å². The Kier molecular flexibility index (Phi) is 7.84. The minimum Gasteiger partial charge on any atom is -0.454 e. The summed E-state index contributed by atoms with van der Waals surface area (Å²) in [5, 5.41) is 2.23. The van der Waals surface area contributed by atoms with E-state index in [0.29, 0.717) is 0 Å². The summed E-state index contributed by atoms with van der Waals surface area (Å²) >= 11 is 0. The van der Waals surface area contributed by atoms with Gasteiger partial charge < -0.3 is 14.2 Å². The van der Waals surface area contributed by atoms with Crippen molar-refractivity contribution in [2.45, 2.75) is 0 Å². The number of rotatable bonds is 8. The van der Waals surface area contributed by atoms with Gasteiger partial charge in [0.05, 0.1) is 5.69 Å². The number of para-hydroxylation sites is 4. The molecule has 0 aliphatic rings. The zero-order valence-electron chi connectivity index (χ0n) is 27.9. The van der Waals surface area contributed by atoms with Gasteiger partial charge in [0.1, 0.15) is 5.58 Å². The van der Waals surface area contributed by atoms with Crippen molar-refractivity contribution < 1.29 is 4.42 Å². The molecule has 0 saturated heterocycles. The van der Waals surface area contributed by atoms with Gasteiger partial charge in [0.15, 0.2) is 5.58 Å². The third-order valence-corrected chi connectivity index (χ3v) is 9.45. The number of benzene rings is 8. The fourth-order valence-electron chi connectivity index (χ4n) is 7.00. The van der Waals surface area contributed by atoms with E-state index in [4.69, 9.17) is 4.42 Å². The van der Waals surface area contributed by atoms with Crippen LogP contribution < -0.4 is 9.80 Å². The highest BCUT2D eigenvalue weighted by molar-refractivity contribution is 6.10. The van der Waals surface area contributed by atoms with Crippen LogP contribution in [0.1, 0.15) is 0 Å². The molecular formula is C48H34N2O. The van der Waals surface area contributed by atoms with Crippen LogP contribution in [0.5, 0.6) is 0 Å². The predicted molar refractivity (Wildman–Crippen MR) is 214 cm³/mol. The fourth-order valence-corrected chi connectivity index (χ4v) is 7.00. The van der Waals surface area contributed by atoms with Gasteiger partial charge in [-0.05, 0) is 95.1 Å². The van der Waals surface area contributed by atoms with Crippen molar-refractivity contribution in [3.63, 3.8) is 0 Å². The van der Waals surface area contributed by atoms with Gasteiger partial charge in [-0.25, -0.2) is 0 Å². The average Bonchev–Trinajstić information content (AvgIpc) is 3.60. The molecule has 51 heavy (non-hydrogen) atoms. The van der Waals surface area contributed by atoms with E-state index in [1.807, 2.05) is 12.1 Å². The molecule has 3 heteroatoms. The van der Waals surface area contributed by atoms with Crippen LogP contribution in [0.15, 0.2) is 211 Å². The van der Waals surface area contributed by atoms with E-state index in [9.17, 15) is 0 Å². The second kappa shape index (κ2) is 13.2. The molecular weight excluding hydrogens is 621 g/mol. The van der Waals surface area contributed by atoms with Crippen LogP contribution in [-0.4, -0.2) is 0 Å². The van der Waals surface area contributed by atoms with E-state index in [0.717, 1.165) is 67.2 Å². The summed E-state index contributed by atoms with van der Waals surface area (Å²) in [6.45, 7) is 0. The first-order valence-corrected chi connectivity index (χ1v) is 17.3. The fraction of sp³-hybridized carbons (Fsp3) is 0. The lowest BCUT2D eigenvalue weighted by Gasteiger charge is -2.26. The Hall–Kier alpha value is -6.84. The van der Waals surface area contributed by atoms with E-state index in [2.05, 4.69) is 204 Å². The van der Waals surface area contributed by atoms with E-state index < -0.39 is 0 Å². The van der Waals surface area contributed by atoms with Crippen LogP contribution >= 0.6 is 0 Å². The molecule has 9 rings (SSSR count). The first-order chi connectivity index (χ1) is 25.3. The Labute approximate surface area is 297 Å². The SMILES string of the molecule is c1ccc(-c2cccc(N(c3ccccc3)c3ccc(-c4ccc(N(c5ccccc5)c5cccc6c5oc5ccccc56)cc4)cc3)c2)cc1. The number of fused-ring (bicyclic) bond motifs is 3. The van der Waals surface area contributed by atoms with E-state index >= 15 is 0 Å². The van der Waals surface area contributed by atoms with Gasteiger partial charge in [-0.3, -0.25) is 0 Å². The molecule has 0 aliphatic heterocycles. The molecule has 0 unspecified atom stereocenters. The highest BCUT2D eigenvalue weighted by Crippen LogP contribution is 2.43. The number of anilines is 6. The topological polar surface area (TPSA) is 19.6 Å². The highest BCUT2D eigenvalue weighted by Gasteiger charge is 2.19. The molecule has 0 amide bonds. The van der Waals surface area contributed by atoms with Crippen LogP contribution in [0.4, 0.5) is 34.1 Å². The molecule has 0 atom stereocenters. The maximum absolute atomic E-state index is 6.48. The summed E-state index contributed by atoms with van der Waals surface area (Å²) in [5.41, 5.74) is 12.9. The Morgan fingerprint density at radius 3 is 1.41 bits per heavy atom. The van der Waals surface area contributed by atoms with Crippen LogP contribution in [0.2, 0.25) is 0 Å². The molecule has 0 N–H and O–H groups in total. The molecule has 0 bridgehead atoms. The molecule has 3 nitrogen and oxygen atoms in total. The molecule has 1 aromatic heterocycles. The number of hydrogen-bond acceptors (Lipinski definition) is 3. The van der Waals surface area contributed by atoms with Gasteiger partial charge in [-0.1, -0.05) is 133 Å². The highest BCUT2D eigenvalue weighted by atomic mass is 16.3. The van der Waals surface area contributed by atoms with E-state index in [1.54, 1.807) is 0 Å². The lowest BCUT2D eigenvalue weighted by atomic mass is 10.0. The van der Waals surface area contributed by atoms with Crippen molar-refractivity contribution in [2.24, 2.45) is 0 Å². The Morgan fingerprint density at radius 2 is 0.745 bits per heavy atom. The van der Waals surface area contributed by atoms with Crippen molar-refractivity contribution >= 4 is 56.1 Å². The first-order valence-electron chi connectivity index (χ1n) is 17.3. The smallest absolute Gasteiger partial charge is 0.159 e. The third-order valence-electron chi connectivity index (χ3n) is 9.45. The van der Waals surface area contributed by atoms with Gasteiger partial charge in [0, 0.05) is 39.2 Å². The van der Waals surface area contributed by atoms with Crippen molar-refractivity contribution in [3.8, 4) is 22.3 Å². The van der Waals surface area contributed by atoms with Gasteiger partial charge in [0.25, 0.3) is 0 Å². The van der Waals surface area contributed by atoms with Crippen LogP contribution in [0.25, 0.3) is 44.2 Å². The number of nitrogens with zero attached hydrogens (tertiary/aromatic N) is 2. The summed E-state index contributed by atoms with van der Waals surface area (Å²) < 4.78 is 6.48. The molecule has 0 saturated carbocycles. The lowest BCUT2D eigenvalue weighted by molar-refractivity contribution is 0.669. The second-order valence-corrected chi connectivity index (χ2v) is 12.6. The van der Waals surface area contributed by atoms with Crippen molar-refractivity contribution in [2.75, 3.05) is 9.80 Å². The first kappa shape index (κ1) is 30.2. The second-order valence-electron chi connectivity index (χ2n) is 12.6.